The van der Waals surface area contributed by atoms with Crippen LogP contribution in [0.3, 0.4) is 0 Å². The second-order valence-corrected chi connectivity index (χ2v) is 7.52. The minimum absolute atomic E-state index is 0.0197. The van der Waals surface area contributed by atoms with Crippen LogP contribution in [0.25, 0.3) is 0 Å². The summed E-state index contributed by atoms with van der Waals surface area (Å²) in [5.41, 5.74) is 3.78. The molecule has 0 spiro atoms. The number of methoxy groups -OCH3 is 1. The van der Waals surface area contributed by atoms with Crippen molar-refractivity contribution in [2.75, 3.05) is 7.11 Å². The fourth-order valence-corrected chi connectivity index (χ4v) is 4.06. The molecule has 0 aromatic heterocycles. The number of rotatable bonds is 3. The molecule has 6 heteroatoms. The highest BCUT2D eigenvalue weighted by atomic mass is 35.5. The molecule has 4 nitrogen and oxygen atoms in total. The predicted octanol–water partition coefficient (Wildman–Crippen LogP) is 5.73. The summed E-state index contributed by atoms with van der Waals surface area (Å²) in [5, 5.41) is 7.50. The van der Waals surface area contributed by atoms with Gasteiger partial charge in [-0.3, -0.25) is 0 Å². The first kappa shape index (κ1) is 18.0. The molecule has 3 aromatic rings. The average molecular weight is 409 g/mol. The predicted molar refractivity (Wildman–Crippen MR) is 110 cm³/mol. The van der Waals surface area contributed by atoms with Gasteiger partial charge in [0.15, 0.2) is 0 Å². The zero-order chi connectivity index (χ0) is 20.0. The number of hydrogen-bond donors (Lipinski definition) is 0. The highest BCUT2D eigenvalue weighted by Gasteiger charge is 2.41. The van der Waals surface area contributed by atoms with Gasteiger partial charge in [0.1, 0.15) is 17.3 Å². The van der Waals surface area contributed by atoms with Crippen LogP contribution in [-0.4, -0.2) is 17.8 Å². The summed E-state index contributed by atoms with van der Waals surface area (Å²) >= 11 is 6.26. The van der Waals surface area contributed by atoms with Crippen molar-refractivity contribution >= 4 is 17.3 Å². The van der Waals surface area contributed by atoms with Crippen molar-refractivity contribution in [3.05, 3.63) is 94.3 Å². The molecular formula is C23H18ClFN2O2. The number of ether oxygens (including phenoxy) is 2. The molecule has 0 saturated heterocycles. The normalized spacial score (nSPS) is 19.8. The van der Waals surface area contributed by atoms with Crippen LogP contribution in [0.1, 0.15) is 35.4 Å². The van der Waals surface area contributed by atoms with E-state index in [-0.39, 0.29) is 11.9 Å². The Labute approximate surface area is 173 Å². The van der Waals surface area contributed by atoms with Crippen molar-refractivity contribution in [1.82, 2.24) is 5.01 Å². The Morgan fingerprint density at radius 2 is 1.93 bits per heavy atom. The van der Waals surface area contributed by atoms with Crippen molar-refractivity contribution in [2.45, 2.75) is 18.7 Å². The van der Waals surface area contributed by atoms with E-state index in [0.717, 1.165) is 33.9 Å². The standard InChI is InChI=1S/C23H18ClFN2O2/c1-28-18-4-2-3-15(11-18)20-13-21-19-12-16(24)7-10-22(19)29-23(27(21)26-20)14-5-8-17(25)9-6-14/h2-12,21,23H,13H2,1H3/t21-,23-/m0/s1. The maximum atomic E-state index is 13.5. The summed E-state index contributed by atoms with van der Waals surface area (Å²) in [5.74, 6) is 1.27. The molecule has 0 saturated carbocycles. The van der Waals surface area contributed by atoms with E-state index in [2.05, 4.69) is 0 Å². The van der Waals surface area contributed by atoms with Crippen molar-refractivity contribution < 1.29 is 13.9 Å². The van der Waals surface area contributed by atoms with E-state index in [0.29, 0.717) is 11.4 Å². The fourth-order valence-electron chi connectivity index (χ4n) is 3.88. The van der Waals surface area contributed by atoms with Gasteiger partial charge >= 0.3 is 0 Å². The summed E-state index contributed by atoms with van der Waals surface area (Å²) < 4.78 is 25.1. The molecular weight excluding hydrogens is 391 g/mol. The van der Waals surface area contributed by atoms with Crippen LogP contribution in [0.5, 0.6) is 11.5 Å². The van der Waals surface area contributed by atoms with Crippen LogP contribution in [0.2, 0.25) is 5.02 Å². The van der Waals surface area contributed by atoms with Crippen LogP contribution in [-0.2, 0) is 0 Å². The van der Waals surface area contributed by atoms with Gasteiger partial charge in [-0.25, -0.2) is 9.40 Å². The lowest BCUT2D eigenvalue weighted by atomic mass is 9.96. The van der Waals surface area contributed by atoms with Gasteiger partial charge in [0.2, 0.25) is 6.23 Å². The maximum absolute atomic E-state index is 13.5. The Kier molecular flexibility index (Phi) is 4.40. The average Bonchev–Trinajstić information content (AvgIpc) is 3.20. The molecule has 0 N–H and O–H groups in total. The minimum Gasteiger partial charge on any atom is -0.497 e. The number of hydrogen-bond acceptors (Lipinski definition) is 4. The van der Waals surface area contributed by atoms with E-state index in [1.807, 2.05) is 47.5 Å². The summed E-state index contributed by atoms with van der Waals surface area (Å²) in [6.45, 7) is 0. The topological polar surface area (TPSA) is 34.1 Å². The molecule has 3 aromatic carbocycles. The van der Waals surface area contributed by atoms with Crippen LogP contribution in [0.4, 0.5) is 4.39 Å². The Hall–Kier alpha value is -3.05. The van der Waals surface area contributed by atoms with Crippen LogP contribution in [0.15, 0.2) is 71.8 Å². The van der Waals surface area contributed by atoms with Crippen molar-refractivity contribution in [3.8, 4) is 11.5 Å². The number of fused-ring (bicyclic) bond motifs is 3. The highest BCUT2D eigenvalue weighted by molar-refractivity contribution is 6.30. The third-order valence-electron chi connectivity index (χ3n) is 5.31. The van der Waals surface area contributed by atoms with Crippen molar-refractivity contribution in [1.29, 1.82) is 0 Å². The van der Waals surface area contributed by atoms with Gasteiger partial charge in [0.25, 0.3) is 0 Å². The van der Waals surface area contributed by atoms with Gasteiger partial charge in [-0.15, -0.1) is 0 Å². The van der Waals surface area contributed by atoms with E-state index in [1.165, 1.54) is 12.1 Å². The summed E-state index contributed by atoms with van der Waals surface area (Å²) in [6.07, 6.45) is 0.263. The molecule has 5 rings (SSSR count). The Bertz CT molecular complexity index is 1100. The summed E-state index contributed by atoms with van der Waals surface area (Å²) in [4.78, 5) is 0. The molecule has 2 atom stereocenters. The van der Waals surface area contributed by atoms with Gasteiger partial charge in [-0.1, -0.05) is 35.9 Å². The first-order chi connectivity index (χ1) is 14.1. The number of benzene rings is 3. The van der Waals surface area contributed by atoms with E-state index in [4.69, 9.17) is 26.2 Å². The smallest absolute Gasteiger partial charge is 0.213 e. The Balaban J connectivity index is 1.59. The van der Waals surface area contributed by atoms with Gasteiger partial charge in [-0.05, 0) is 42.5 Å². The summed E-state index contributed by atoms with van der Waals surface area (Å²) in [7, 11) is 1.65. The van der Waals surface area contributed by atoms with Gasteiger partial charge in [-0.2, -0.15) is 5.10 Å². The number of hydrazone groups is 1. The van der Waals surface area contributed by atoms with Gasteiger partial charge in [0.05, 0.1) is 18.9 Å². The SMILES string of the molecule is COc1cccc(C2=NN3[C@@H](C2)c2cc(Cl)ccc2O[C@H]3c2ccc(F)cc2)c1. The second kappa shape index (κ2) is 7.08. The van der Waals surface area contributed by atoms with Crippen LogP contribution >= 0.6 is 11.6 Å². The number of halogens is 2. The van der Waals surface area contributed by atoms with Gasteiger partial charge < -0.3 is 9.47 Å². The Morgan fingerprint density at radius 1 is 1.10 bits per heavy atom. The van der Waals surface area contributed by atoms with Crippen LogP contribution < -0.4 is 9.47 Å². The lowest BCUT2D eigenvalue weighted by Gasteiger charge is -2.38. The largest absolute Gasteiger partial charge is 0.497 e. The van der Waals surface area contributed by atoms with Crippen molar-refractivity contribution in [3.63, 3.8) is 0 Å². The first-order valence-corrected chi connectivity index (χ1v) is 9.72. The molecule has 0 radical (unpaired) electrons. The maximum Gasteiger partial charge on any atom is 0.213 e. The third-order valence-corrected chi connectivity index (χ3v) is 5.55. The zero-order valence-corrected chi connectivity index (χ0v) is 16.4. The monoisotopic (exact) mass is 408 g/mol. The molecule has 2 aliphatic rings. The first-order valence-electron chi connectivity index (χ1n) is 9.34. The molecule has 0 bridgehead atoms. The Morgan fingerprint density at radius 3 is 2.72 bits per heavy atom. The third kappa shape index (κ3) is 3.21. The molecule has 0 unspecified atom stereocenters. The molecule has 29 heavy (non-hydrogen) atoms. The van der Waals surface area contributed by atoms with Crippen LogP contribution in [0, 0.1) is 5.82 Å². The molecule has 0 amide bonds. The lowest BCUT2D eigenvalue weighted by Crippen LogP contribution is -2.33. The van der Waals surface area contributed by atoms with Gasteiger partial charge in [0, 0.05) is 28.1 Å². The molecule has 2 heterocycles. The lowest BCUT2D eigenvalue weighted by molar-refractivity contribution is -0.0190. The van der Waals surface area contributed by atoms with E-state index >= 15 is 0 Å². The molecule has 0 fully saturated rings. The van der Waals surface area contributed by atoms with Crippen molar-refractivity contribution in [2.24, 2.45) is 5.10 Å². The quantitative estimate of drug-likeness (QED) is 0.555. The summed E-state index contributed by atoms with van der Waals surface area (Å²) in [6, 6.07) is 19.8. The highest BCUT2D eigenvalue weighted by Crippen LogP contribution is 2.48. The fraction of sp³-hybridized carbons (Fsp3) is 0.174. The van der Waals surface area contributed by atoms with E-state index < -0.39 is 6.23 Å². The number of nitrogens with zero attached hydrogens (tertiary/aromatic N) is 2. The van der Waals surface area contributed by atoms with E-state index in [1.54, 1.807) is 19.2 Å². The zero-order valence-electron chi connectivity index (χ0n) is 15.7. The molecule has 0 aliphatic carbocycles. The molecule has 146 valence electrons. The van der Waals surface area contributed by atoms with E-state index in [9.17, 15) is 4.39 Å². The second-order valence-electron chi connectivity index (χ2n) is 7.08. The molecule has 2 aliphatic heterocycles. The minimum atomic E-state index is -0.447.